The maximum atomic E-state index is 11.5. The summed E-state index contributed by atoms with van der Waals surface area (Å²) in [6.45, 7) is 6.82. The highest BCUT2D eigenvalue weighted by molar-refractivity contribution is 5.80. The molecule has 0 aromatic rings. The maximum absolute atomic E-state index is 11.5. The summed E-state index contributed by atoms with van der Waals surface area (Å²) >= 11 is 0. The zero-order chi connectivity index (χ0) is 10.9. The molecule has 0 radical (unpaired) electrons. The zero-order valence-electron chi connectivity index (χ0n) is 9.75. The molecule has 0 unspecified atom stereocenters. The zero-order valence-corrected chi connectivity index (χ0v) is 9.75. The number of carbonyl (C=O) groups excluding carboxylic acids is 1. The smallest absolute Gasteiger partial charge is 0.237 e. The lowest BCUT2D eigenvalue weighted by molar-refractivity contribution is -0.128. The first kappa shape index (κ1) is 10.9. The van der Waals surface area contributed by atoms with Crippen LogP contribution in [0.5, 0.6) is 0 Å². The average Bonchev–Trinajstić information content (AvgIpc) is 2.58. The molecular formula is C11H21N3O. The molecule has 0 saturated carbocycles. The molecule has 2 saturated heterocycles. The van der Waals surface area contributed by atoms with Crippen LogP contribution in [0.4, 0.5) is 0 Å². The molecule has 2 fully saturated rings. The highest BCUT2D eigenvalue weighted by Crippen LogP contribution is 2.31. The molecule has 15 heavy (non-hydrogen) atoms. The SMILES string of the molecule is CN1CCC(C)(CN2CNCC2=O)CC1. The summed E-state index contributed by atoms with van der Waals surface area (Å²) in [5, 5.41) is 3.10. The standard InChI is InChI=1S/C11H21N3O/c1-11(3-5-13(2)6-4-11)8-14-9-12-7-10(14)15/h12H,3-9H2,1-2H3. The molecule has 0 aromatic heterocycles. The molecule has 2 aliphatic heterocycles. The Balaban J connectivity index is 1.90. The third-order valence-electron chi connectivity index (χ3n) is 3.70. The molecule has 0 aliphatic carbocycles. The summed E-state index contributed by atoms with van der Waals surface area (Å²) in [5.74, 6) is 0.259. The van der Waals surface area contributed by atoms with E-state index in [-0.39, 0.29) is 5.91 Å². The predicted molar refractivity (Wildman–Crippen MR) is 59.4 cm³/mol. The fourth-order valence-corrected chi connectivity index (χ4v) is 2.42. The van der Waals surface area contributed by atoms with Gasteiger partial charge in [-0.3, -0.25) is 10.1 Å². The minimum absolute atomic E-state index is 0.259. The van der Waals surface area contributed by atoms with Crippen LogP contribution >= 0.6 is 0 Å². The van der Waals surface area contributed by atoms with Crippen LogP contribution in [0.25, 0.3) is 0 Å². The number of amides is 1. The molecule has 2 aliphatic rings. The van der Waals surface area contributed by atoms with E-state index in [1.165, 1.54) is 12.8 Å². The second-order valence-electron chi connectivity index (χ2n) is 5.29. The normalized spacial score (nSPS) is 27.3. The van der Waals surface area contributed by atoms with Crippen molar-refractivity contribution >= 4 is 5.91 Å². The van der Waals surface area contributed by atoms with E-state index >= 15 is 0 Å². The minimum Gasteiger partial charge on any atom is -0.328 e. The van der Waals surface area contributed by atoms with Gasteiger partial charge in [0.2, 0.25) is 5.91 Å². The first-order chi connectivity index (χ1) is 7.09. The van der Waals surface area contributed by atoms with Gasteiger partial charge in [-0.2, -0.15) is 0 Å². The highest BCUT2D eigenvalue weighted by Gasteiger charge is 2.33. The summed E-state index contributed by atoms with van der Waals surface area (Å²) < 4.78 is 0. The largest absolute Gasteiger partial charge is 0.328 e. The molecule has 0 spiro atoms. The van der Waals surface area contributed by atoms with Crippen LogP contribution < -0.4 is 5.32 Å². The van der Waals surface area contributed by atoms with Crippen molar-refractivity contribution < 1.29 is 4.79 Å². The maximum Gasteiger partial charge on any atom is 0.237 e. The number of rotatable bonds is 2. The fourth-order valence-electron chi connectivity index (χ4n) is 2.42. The predicted octanol–water partition coefficient (Wildman–Crippen LogP) is 0.108. The molecular weight excluding hydrogens is 190 g/mol. The van der Waals surface area contributed by atoms with E-state index in [0.29, 0.717) is 12.0 Å². The van der Waals surface area contributed by atoms with Crippen molar-refractivity contribution in [3.63, 3.8) is 0 Å². The summed E-state index contributed by atoms with van der Waals surface area (Å²) in [6, 6.07) is 0. The molecule has 1 N–H and O–H groups in total. The van der Waals surface area contributed by atoms with Crippen LogP contribution in [0.1, 0.15) is 19.8 Å². The van der Waals surface area contributed by atoms with Gasteiger partial charge in [0.15, 0.2) is 0 Å². The molecule has 2 heterocycles. The van der Waals surface area contributed by atoms with Gasteiger partial charge < -0.3 is 9.80 Å². The van der Waals surface area contributed by atoms with E-state index in [0.717, 1.165) is 26.3 Å². The quantitative estimate of drug-likeness (QED) is 0.704. The van der Waals surface area contributed by atoms with E-state index < -0.39 is 0 Å². The van der Waals surface area contributed by atoms with Crippen molar-refractivity contribution in [2.75, 3.05) is 39.9 Å². The third-order valence-corrected chi connectivity index (χ3v) is 3.70. The topological polar surface area (TPSA) is 35.6 Å². The number of nitrogens with zero attached hydrogens (tertiary/aromatic N) is 2. The summed E-state index contributed by atoms with van der Waals surface area (Å²) in [5.41, 5.74) is 0.328. The van der Waals surface area contributed by atoms with Crippen LogP contribution in [-0.4, -0.2) is 55.6 Å². The minimum atomic E-state index is 0.259. The average molecular weight is 211 g/mol. The molecule has 2 rings (SSSR count). The van der Waals surface area contributed by atoms with Gasteiger partial charge in [0, 0.05) is 6.54 Å². The van der Waals surface area contributed by atoms with Crippen LogP contribution in [0.15, 0.2) is 0 Å². The lowest BCUT2D eigenvalue weighted by Gasteiger charge is -2.40. The Morgan fingerprint density at radius 1 is 1.40 bits per heavy atom. The summed E-state index contributed by atoms with van der Waals surface area (Å²) in [6.07, 6.45) is 2.40. The van der Waals surface area contributed by atoms with E-state index in [1.54, 1.807) is 0 Å². The van der Waals surface area contributed by atoms with Crippen LogP contribution in [0.3, 0.4) is 0 Å². The molecule has 0 atom stereocenters. The molecule has 1 amide bonds. The fraction of sp³-hybridized carbons (Fsp3) is 0.909. The van der Waals surface area contributed by atoms with Crippen molar-refractivity contribution in [1.82, 2.24) is 15.1 Å². The second-order valence-corrected chi connectivity index (χ2v) is 5.29. The van der Waals surface area contributed by atoms with Gasteiger partial charge in [0.25, 0.3) is 0 Å². The molecule has 0 aromatic carbocycles. The first-order valence-corrected chi connectivity index (χ1v) is 5.76. The first-order valence-electron chi connectivity index (χ1n) is 5.76. The molecule has 4 nitrogen and oxygen atoms in total. The number of nitrogens with one attached hydrogen (secondary N) is 1. The van der Waals surface area contributed by atoms with Gasteiger partial charge in [-0.1, -0.05) is 6.92 Å². The number of hydrogen-bond acceptors (Lipinski definition) is 3. The number of hydrogen-bond donors (Lipinski definition) is 1. The van der Waals surface area contributed by atoms with Gasteiger partial charge in [-0.15, -0.1) is 0 Å². The van der Waals surface area contributed by atoms with E-state index in [4.69, 9.17) is 0 Å². The second kappa shape index (κ2) is 4.10. The summed E-state index contributed by atoms with van der Waals surface area (Å²) in [7, 11) is 2.17. The lowest BCUT2D eigenvalue weighted by Crippen LogP contribution is -2.44. The Morgan fingerprint density at radius 3 is 2.60 bits per heavy atom. The van der Waals surface area contributed by atoms with E-state index in [1.807, 2.05) is 4.90 Å². The Morgan fingerprint density at radius 2 is 2.07 bits per heavy atom. The number of piperidine rings is 1. The molecule has 0 bridgehead atoms. The van der Waals surface area contributed by atoms with Crippen LogP contribution in [-0.2, 0) is 4.79 Å². The Labute approximate surface area is 91.6 Å². The third kappa shape index (κ3) is 2.49. The molecule has 86 valence electrons. The van der Waals surface area contributed by atoms with E-state index in [2.05, 4.69) is 24.2 Å². The number of likely N-dealkylation sites (tertiary alicyclic amines) is 1. The van der Waals surface area contributed by atoms with Gasteiger partial charge in [0.05, 0.1) is 13.2 Å². The lowest BCUT2D eigenvalue weighted by atomic mass is 9.80. The Hall–Kier alpha value is -0.610. The van der Waals surface area contributed by atoms with Crippen molar-refractivity contribution in [3.05, 3.63) is 0 Å². The monoisotopic (exact) mass is 211 g/mol. The Kier molecular flexibility index (Phi) is 2.98. The highest BCUT2D eigenvalue weighted by atomic mass is 16.2. The van der Waals surface area contributed by atoms with Crippen LogP contribution in [0.2, 0.25) is 0 Å². The van der Waals surface area contributed by atoms with Crippen molar-refractivity contribution in [2.24, 2.45) is 5.41 Å². The van der Waals surface area contributed by atoms with Crippen molar-refractivity contribution in [2.45, 2.75) is 19.8 Å². The van der Waals surface area contributed by atoms with Gasteiger partial charge in [0.1, 0.15) is 0 Å². The van der Waals surface area contributed by atoms with E-state index in [9.17, 15) is 4.79 Å². The summed E-state index contributed by atoms with van der Waals surface area (Å²) in [4.78, 5) is 15.8. The van der Waals surface area contributed by atoms with Crippen molar-refractivity contribution in [1.29, 1.82) is 0 Å². The van der Waals surface area contributed by atoms with Gasteiger partial charge >= 0.3 is 0 Å². The van der Waals surface area contributed by atoms with Gasteiger partial charge in [-0.05, 0) is 38.4 Å². The number of carbonyl (C=O) groups is 1. The Bertz CT molecular complexity index is 246. The molecule has 4 heteroatoms. The van der Waals surface area contributed by atoms with Gasteiger partial charge in [-0.25, -0.2) is 0 Å². The van der Waals surface area contributed by atoms with Crippen LogP contribution in [0, 0.1) is 5.41 Å². The van der Waals surface area contributed by atoms with Crippen molar-refractivity contribution in [3.8, 4) is 0 Å².